The van der Waals surface area contributed by atoms with Gasteiger partial charge in [-0.15, -0.1) is 0 Å². The molecule has 3 aromatic carbocycles. The molecule has 36 heavy (non-hydrogen) atoms. The summed E-state index contributed by atoms with van der Waals surface area (Å²) in [5.41, 5.74) is 4.12. The first-order valence-corrected chi connectivity index (χ1v) is 13.5. The largest absolute Gasteiger partial charge is 0.488 e. The van der Waals surface area contributed by atoms with Crippen LogP contribution in [0.4, 0.5) is 11.5 Å². The predicted octanol–water partition coefficient (Wildman–Crippen LogP) is 5.64. The number of anilines is 2. The number of rotatable bonds is 11. The number of sulfonamides is 1. The molecule has 0 unspecified atom stereocenters. The van der Waals surface area contributed by atoms with E-state index in [0.29, 0.717) is 31.1 Å². The van der Waals surface area contributed by atoms with Crippen LogP contribution in [0.3, 0.4) is 0 Å². The molecule has 0 aliphatic rings. The molecule has 0 spiro atoms. The molecule has 0 aliphatic heterocycles. The van der Waals surface area contributed by atoms with Crippen molar-refractivity contribution in [3.63, 3.8) is 0 Å². The molecular weight excluding hydrogens is 472 g/mol. The van der Waals surface area contributed by atoms with Gasteiger partial charge in [0.15, 0.2) is 0 Å². The number of nitrogens with zero attached hydrogens (tertiary/aromatic N) is 3. The zero-order chi connectivity index (χ0) is 25.4. The quantitative estimate of drug-likeness (QED) is 0.286. The van der Waals surface area contributed by atoms with Gasteiger partial charge in [0.1, 0.15) is 24.5 Å². The Morgan fingerprint density at radius 2 is 1.56 bits per heavy atom. The Labute approximate surface area is 212 Å². The van der Waals surface area contributed by atoms with Gasteiger partial charge >= 0.3 is 0 Å². The number of ether oxygens (including phenoxy) is 1. The van der Waals surface area contributed by atoms with E-state index in [0.717, 1.165) is 28.3 Å². The molecule has 1 heterocycles. The summed E-state index contributed by atoms with van der Waals surface area (Å²) in [5.74, 6) is 1.28. The standard InChI is InChI=1S/C28H30N4O3S/c1-3-32(4-2)36(33,34)20-23-13-10-14-24(17-23)31-28-18-26(29-21-30-28)25-15-8-9-16-27(25)35-19-22-11-6-5-7-12-22/h5-18,21H,3-4,19-20H2,1-2H3,(H,29,30,31). The maximum atomic E-state index is 12.7. The molecular formula is C28H30N4O3S. The van der Waals surface area contributed by atoms with Gasteiger partial charge in [0, 0.05) is 30.4 Å². The van der Waals surface area contributed by atoms with Crippen molar-refractivity contribution in [3.05, 3.63) is 102 Å². The van der Waals surface area contributed by atoms with Crippen LogP contribution in [0.25, 0.3) is 11.3 Å². The van der Waals surface area contributed by atoms with Crippen molar-refractivity contribution in [2.75, 3.05) is 18.4 Å². The van der Waals surface area contributed by atoms with E-state index in [9.17, 15) is 8.42 Å². The first kappa shape index (κ1) is 25.3. The molecule has 0 saturated carbocycles. The summed E-state index contributed by atoms with van der Waals surface area (Å²) < 4.78 is 32.9. The number of hydrogen-bond acceptors (Lipinski definition) is 6. The molecule has 0 amide bonds. The van der Waals surface area contributed by atoms with Crippen LogP contribution in [0.15, 0.2) is 91.3 Å². The van der Waals surface area contributed by atoms with Gasteiger partial charge in [-0.05, 0) is 35.4 Å². The van der Waals surface area contributed by atoms with Crippen LogP contribution in [-0.2, 0) is 22.4 Å². The van der Waals surface area contributed by atoms with Crippen molar-refractivity contribution >= 4 is 21.5 Å². The van der Waals surface area contributed by atoms with Crippen molar-refractivity contribution < 1.29 is 13.2 Å². The molecule has 8 heteroatoms. The lowest BCUT2D eigenvalue weighted by molar-refractivity contribution is 0.307. The van der Waals surface area contributed by atoms with Crippen LogP contribution in [0, 0.1) is 0 Å². The summed E-state index contributed by atoms with van der Waals surface area (Å²) >= 11 is 0. The average molecular weight is 503 g/mol. The van der Waals surface area contributed by atoms with Crippen molar-refractivity contribution in [1.82, 2.24) is 14.3 Å². The average Bonchev–Trinajstić information content (AvgIpc) is 2.89. The minimum atomic E-state index is -3.37. The topological polar surface area (TPSA) is 84.4 Å². The highest BCUT2D eigenvalue weighted by molar-refractivity contribution is 7.88. The first-order valence-electron chi connectivity index (χ1n) is 11.9. The van der Waals surface area contributed by atoms with Crippen molar-refractivity contribution in [3.8, 4) is 17.0 Å². The van der Waals surface area contributed by atoms with E-state index in [4.69, 9.17) is 4.74 Å². The number of benzene rings is 3. The Hall–Kier alpha value is -3.75. The van der Waals surface area contributed by atoms with E-state index in [-0.39, 0.29) is 5.75 Å². The Kier molecular flexibility index (Phi) is 8.30. The summed E-state index contributed by atoms with van der Waals surface area (Å²) in [6.07, 6.45) is 1.50. The normalized spacial score (nSPS) is 11.4. The van der Waals surface area contributed by atoms with E-state index < -0.39 is 10.0 Å². The molecule has 4 rings (SSSR count). The second-order valence-corrected chi connectivity index (χ2v) is 10.2. The molecule has 186 valence electrons. The highest BCUT2D eigenvalue weighted by Gasteiger charge is 2.19. The zero-order valence-electron chi connectivity index (χ0n) is 20.5. The summed E-state index contributed by atoms with van der Waals surface area (Å²) in [5, 5.41) is 3.27. The Morgan fingerprint density at radius 1 is 0.833 bits per heavy atom. The highest BCUT2D eigenvalue weighted by atomic mass is 32.2. The molecule has 0 aliphatic carbocycles. The van der Waals surface area contributed by atoms with Crippen molar-refractivity contribution in [2.45, 2.75) is 26.2 Å². The van der Waals surface area contributed by atoms with Crippen LogP contribution in [0.5, 0.6) is 5.75 Å². The fraction of sp³-hybridized carbons (Fsp3) is 0.214. The van der Waals surface area contributed by atoms with Gasteiger partial charge in [0.05, 0.1) is 11.4 Å². The van der Waals surface area contributed by atoms with E-state index in [2.05, 4.69) is 15.3 Å². The van der Waals surface area contributed by atoms with Crippen LogP contribution < -0.4 is 10.1 Å². The number of para-hydroxylation sites is 1. The summed E-state index contributed by atoms with van der Waals surface area (Å²) in [6.45, 7) is 5.05. The SMILES string of the molecule is CCN(CC)S(=O)(=O)Cc1cccc(Nc2cc(-c3ccccc3OCc3ccccc3)ncn2)c1. The van der Waals surface area contributed by atoms with Crippen LogP contribution in [0.2, 0.25) is 0 Å². The van der Waals surface area contributed by atoms with Gasteiger partial charge < -0.3 is 10.1 Å². The molecule has 0 atom stereocenters. The van der Waals surface area contributed by atoms with Gasteiger partial charge in [-0.1, -0.05) is 68.4 Å². The molecule has 1 aromatic heterocycles. The van der Waals surface area contributed by atoms with Gasteiger partial charge in [-0.25, -0.2) is 22.7 Å². The monoisotopic (exact) mass is 502 g/mol. The lowest BCUT2D eigenvalue weighted by Crippen LogP contribution is -2.31. The second-order valence-electron chi connectivity index (χ2n) is 8.22. The van der Waals surface area contributed by atoms with Crippen LogP contribution in [-0.4, -0.2) is 35.8 Å². The Balaban J connectivity index is 1.51. The van der Waals surface area contributed by atoms with Crippen molar-refractivity contribution in [1.29, 1.82) is 0 Å². The lowest BCUT2D eigenvalue weighted by atomic mass is 10.1. The minimum Gasteiger partial charge on any atom is -0.488 e. The molecule has 7 nitrogen and oxygen atoms in total. The number of hydrogen-bond donors (Lipinski definition) is 1. The van der Waals surface area contributed by atoms with E-state index in [1.54, 1.807) is 0 Å². The molecule has 0 fully saturated rings. The third-order valence-corrected chi connectivity index (χ3v) is 7.72. The van der Waals surface area contributed by atoms with Gasteiger partial charge in [-0.3, -0.25) is 0 Å². The highest BCUT2D eigenvalue weighted by Crippen LogP contribution is 2.30. The summed E-state index contributed by atoms with van der Waals surface area (Å²) in [7, 11) is -3.37. The molecule has 0 bridgehead atoms. The van der Waals surface area contributed by atoms with E-state index >= 15 is 0 Å². The number of aromatic nitrogens is 2. The van der Waals surface area contributed by atoms with Gasteiger partial charge in [-0.2, -0.15) is 0 Å². The van der Waals surface area contributed by atoms with Crippen LogP contribution >= 0.6 is 0 Å². The van der Waals surface area contributed by atoms with Gasteiger partial charge in [0.2, 0.25) is 10.0 Å². The fourth-order valence-corrected chi connectivity index (χ4v) is 5.49. The number of nitrogens with one attached hydrogen (secondary N) is 1. The lowest BCUT2D eigenvalue weighted by Gasteiger charge is -2.18. The zero-order valence-corrected chi connectivity index (χ0v) is 21.3. The third kappa shape index (κ3) is 6.47. The molecule has 4 aromatic rings. The second kappa shape index (κ2) is 11.8. The van der Waals surface area contributed by atoms with Crippen LogP contribution in [0.1, 0.15) is 25.0 Å². The van der Waals surface area contributed by atoms with Crippen molar-refractivity contribution in [2.24, 2.45) is 0 Å². The third-order valence-electron chi connectivity index (χ3n) is 5.71. The Bertz CT molecular complexity index is 1390. The maximum Gasteiger partial charge on any atom is 0.218 e. The summed E-state index contributed by atoms with van der Waals surface area (Å²) in [6, 6.07) is 27.0. The minimum absolute atomic E-state index is 0.0502. The molecule has 0 saturated heterocycles. The van der Waals surface area contributed by atoms with E-state index in [1.807, 2.05) is 98.8 Å². The summed E-state index contributed by atoms with van der Waals surface area (Å²) in [4.78, 5) is 8.81. The maximum absolute atomic E-state index is 12.7. The fourth-order valence-electron chi connectivity index (χ4n) is 3.92. The van der Waals surface area contributed by atoms with Gasteiger partial charge in [0.25, 0.3) is 0 Å². The molecule has 1 N–H and O–H groups in total. The molecule has 0 radical (unpaired) electrons. The predicted molar refractivity (Wildman–Crippen MR) is 144 cm³/mol. The Morgan fingerprint density at radius 3 is 2.33 bits per heavy atom. The smallest absolute Gasteiger partial charge is 0.218 e. The first-order chi connectivity index (χ1) is 17.5. The van der Waals surface area contributed by atoms with E-state index in [1.165, 1.54) is 10.6 Å².